The molecule has 2 saturated heterocycles. The van der Waals surface area contributed by atoms with E-state index in [0.717, 1.165) is 68.5 Å². The summed E-state index contributed by atoms with van der Waals surface area (Å²) in [4.78, 5) is 17.6. The number of hydrogen-bond donors (Lipinski definition) is 0. The molecule has 2 aliphatic heterocycles. The van der Waals surface area contributed by atoms with Crippen LogP contribution in [-0.2, 0) is 16.1 Å². The van der Waals surface area contributed by atoms with E-state index >= 15 is 0 Å². The van der Waals surface area contributed by atoms with Crippen molar-refractivity contribution in [3.63, 3.8) is 0 Å². The molecular formula is C31H37N5O5. The van der Waals surface area contributed by atoms with E-state index in [1.165, 1.54) is 6.20 Å². The number of benzene rings is 1. The van der Waals surface area contributed by atoms with E-state index in [1.807, 2.05) is 49.0 Å². The third kappa shape index (κ3) is 7.70. The normalized spacial score (nSPS) is 18.5. The molecule has 0 spiro atoms. The molecule has 216 valence electrons. The zero-order valence-corrected chi connectivity index (χ0v) is 23.9. The summed E-state index contributed by atoms with van der Waals surface area (Å²) in [6, 6.07) is 9.62. The zero-order chi connectivity index (χ0) is 28.8. The van der Waals surface area contributed by atoms with Crippen molar-refractivity contribution < 1.29 is 19.1 Å². The lowest BCUT2D eigenvalue weighted by Gasteiger charge is -2.29. The SMILES string of the molecule is CN1CCC(n2cc(-c3cnc([N+](=O)[O-])c(OCc4cccc(C#CC(C)(C)OC5CCCCO5)c4)c3)cn2)CC1. The van der Waals surface area contributed by atoms with Crippen LogP contribution < -0.4 is 4.74 Å². The Hall–Kier alpha value is -3.78. The predicted octanol–water partition coefficient (Wildman–Crippen LogP) is 5.37. The number of nitro groups is 1. The standard InChI is InChI=1S/C31H37N5O5/c1-31(2,41-29-9-4-5-16-39-29)13-10-23-7-6-8-24(17-23)22-40-28-18-25(19-32-30(28)36(37)38)26-20-33-35(21-26)27-11-14-34(3)15-12-27/h6-8,17-21,27,29H,4-5,9,11-12,14-16,22H2,1-3H3. The maximum absolute atomic E-state index is 11.7. The van der Waals surface area contributed by atoms with Crippen LogP contribution in [0.5, 0.6) is 5.75 Å². The van der Waals surface area contributed by atoms with Gasteiger partial charge >= 0.3 is 5.82 Å². The Labute approximate surface area is 240 Å². The summed E-state index contributed by atoms with van der Waals surface area (Å²) < 4.78 is 19.7. The average Bonchev–Trinajstić information content (AvgIpc) is 3.46. The number of piperidine rings is 1. The van der Waals surface area contributed by atoms with E-state index in [2.05, 4.69) is 33.9 Å². The first-order valence-corrected chi connectivity index (χ1v) is 14.2. The number of ether oxygens (including phenoxy) is 3. The smallest absolute Gasteiger partial charge is 0.406 e. The highest BCUT2D eigenvalue weighted by Crippen LogP contribution is 2.32. The largest absolute Gasteiger partial charge is 0.481 e. The minimum atomic E-state index is -0.664. The molecule has 10 heteroatoms. The van der Waals surface area contributed by atoms with Crippen molar-refractivity contribution in [2.45, 2.75) is 70.5 Å². The molecule has 10 nitrogen and oxygen atoms in total. The van der Waals surface area contributed by atoms with Crippen LogP contribution in [-0.4, -0.2) is 63.2 Å². The maximum Gasteiger partial charge on any atom is 0.406 e. The fourth-order valence-corrected chi connectivity index (χ4v) is 5.07. The highest BCUT2D eigenvalue weighted by atomic mass is 16.7. The first-order chi connectivity index (χ1) is 19.8. The fourth-order valence-electron chi connectivity index (χ4n) is 5.07. The molecule has 0 radical (unpaired) electrons. The van der Waals surface area contributed by atoms with E-state index in [-0.39, 0.29) is 24.5 Å². The van der Waals surface area contributed by atoms with Crippen molar-refractivity contribution in [3.8, 4) is 28.7 Å². The highest BCUT2D eigenvalue weighted by Gasteiger charge is 2.24. The quantitative estimate of drug-likeness (QED) is 0.206. The van der Waals surface area contributed by atoms with Gasteiger partial charge in [-0.3, -0.25) is 4.68 Å². The summed E-state index contributed by atoms with van der Waals surface area (Å²) in [5.41, 5.74) is 2.53. The van der Waals surface area contributed by atoms with E-state index in [4.69, 9.17) is 14.2 Å². The van der Waals surface area contributed by atoms with Crippen molar-refractivity contribution in [1.29, 1.82) is 0 Å². The molecule has 2 aliphatic rings. The van der Waals surface area contributed by atoms with Gasteiger partial charge in [0.2, 0.25) is 5.75 Å². The van der Waals surface area contributed by atoms with Gasteiger partial charge in [0.25, 0.3) is 0 Å². The van der Waals surface area contributed by atoms with Crippen LogP contribution in [0.1, 0.15) is 63.1 Å². The van der Waals surface area contributed by atoms with E-state index < -0.39 is 10.5 Å². The molecule has 5 rings (SSSR count). The maximum atomic E-state index is 11.7. The van der Waals surface area contributed by atoms with Crippen molar-refractivity contribution in [3.05, 3.63) is 70.2 Å². The monoisotopic (exact) mass is 559 g/mol. The minimum absolute atomic E-state index is 0.109. The first-order valence-electron chi connectivity index (χ1n) is 14.2. The number of rotatable bonds is 8. The van der Waals surface area contributed by atoms with Gasteiger partial charge in [-0.1, -0.05) is 24.0 Å². The van der Waals surface area contributed by atoms with Crippen molar-refractivity contribution in [2.75, 3.05) is 26.7 Å². The zero-order valence-electron chi connectivity index (χ0n) is 23.9. The predicted molar refractivity (Wildman–Crippen MR) is 154 cm³/mol. The molecule has 1 aromatic carbocycles. The summed E-state index contributed by atoms with van der Waals surface area (Å²) in [5, 5.41) is 16.3. The lowest BCUT2D eigenvalue weighted by atomic mass is 10.1. The molecule has 2 fully saturated rings. The van der Waals surface area contributed by atoms with Gasteiger partial charge in [-0.05, 0) is 93.7 Å². The second-order valence-corrected chi connectivity index (χ2v) is 11.2. The number of pyridine rings is 1. The molecule has 4 heterocycles. The first kappa shape index (κ1) is 28.7. The van der Waals surface area contributed by atoms with Gasteiger partial charge in [0.1, 0.15) is 18.4 Å². The molecule has 0 saturated carbocycles. The lowest BCUT2D eigenvalue weighted by Crippen LogP contribution is -2.33. The molecule has 2 aromatic heterocycles. The van der Waals surface area contributed by atoms with Crippen LogP contribution in [0.15, 0.2) is 48.9 Å². The third-order valence-electron chi connectivity index (χ3n) is 7.40. The summed E-state index contributed by atoms with van der Waals surface area (Å²) in [6.07, 6.45) is 10.1. The number of hydrogen-bond acceptors (Lipinski definition) is 8. The highest BCUT2D eigenvalue weighted by molar-refractivity contribution is 5.64. The molecular weight excluding hydrogens is 522 g/mol. The molecule has 3 aromatic rings. The fraction of sp³-hybridized carbons (Fsp3) is 0.484. The summed E-state index contributed by atoms with van der Waals surface area (Å²) in [6.45, 7) is 6.78. The van der Waals surface area contributed by atoms with Gasteiger partial charge in [-0.15, -0.1) is 0 Å². The van der Waals surface area contributed by atoms with Gasteiger partial charge in [-0.2, -0.15) is 5.10 Å². The van der Waals surface area contributed by atoms with Gasteiger partial charge in [0.05, 0.1) is 12.2 Å². The van der Waals surface area contributed by atoms with Gasteiger partial charge in [-0.25, -0.2) is 0 Å². The summed E-state index contributed by atoms with van der Waals surface area (Å²) in [7, 11) is 2.13. The van der Waals surface area contributed by atoms with Crippen LogP contribution in [0, 0.1) is 22.0 Å². The van der Waals surface area contributed by atoms with Gasteiger partial charge in [0, 0.05) is 35.6 Å². The Bertz CT molecular complexity index is 1410. The average molecular weight is 560 g/mol. The van der Waals surface area contributed by atoms with Gasteiger partial charge in [0.15, 0.2) is 6.29 Å². The number of likely N-dealkylation sites (tertiary alicyclic amines) is 1. The van der Waals surface area contributed by atoms with Crippen molar-refractivity contribution in [1.82, 2.24) is 19.7 Å². The van der Waals surface area contributed by atoms with Crippen molar-refractivity contribution >= 4 is 5.82 Å². The number of nitrogens with zero attached hydrogens (tertiary/aromatic N) is 5. The number of aromatic nitrogens is 3. The molecule has 0 N–H and O–H groups in total. The Balaban J connectivity index is 1.27. The molecule has 1 atom stereocenters. The van der Waals surface area contributed by atoms with E-state index in [1.54, 1.807) is 12.3 Å². The minimum Gasteiger partial charge on any atom is -0.481 e. The molecule has 0 amide bonds. The van der Waals surface area contributed by atoms with Crippen LogP contribution in [0.25, 0.3) is 11.1 Å². The molecule has 1 unspecified atom stereocenters. The van der Waals surface area contributed by atoms with Gasteiger partial charge < -0.3 is 29.2 Å². The molecule has 41 heavy (non-hydrogen) atoms. The Morgan fingerprint density at radius 1 is 1.15 bits per heavy atom. The van der Waals surface area contributed by atoms with Crippen LogP contribution in [0.3, 0.4) is 0 Å². The Morgan fingerprint density at radius 2 is 1.98 bits per heavy atom. The molecule has 0 aliphatic carbocycles. The lowest BCUT2D eigenvalue weighted by molar-refractivity contribution is -0.390. The van der Waals surface area contributed by atoms with Crippen LogP contribution in [0.4, 0.5) is 5.82 Å². The second kappa shape index (κ2) is 12.8. The summed E-state index contributed by atoms with van der Waals surface area (Å²) in [5.74, 6) is 6.17. The Kier molecular flexibility index (Phi) is 8.98. The topological polar surface area (TPSA) is 105 Å². The third-order valence-corrected chi connectivity index (χ3v) is 7.40. The van der Waals surface area contributed by atoms with E-state index in [0.29, 0.717) is 11.6 Å². The second-order valence-electron chi connectivity index (χ2n) is 11.2. The van der Waals surface area contributed by atoms with Crippen LogP contribution >= 0.6 is 0 Å². The van der Waals surface area contributed by atoms with Crippen molar-refractivity contribution in [2.24, 2.45) is 0 Å². The molecule has 0 bridgehead atoms. The summed E-state index contributed by atoms with van der Waals surface area (Å²) >= 11 is 0. The van der Waals surface area contributed by atoms with Crippen LogP contribution in [0.2, 0.25) is 0 Å². The van der Waals surface area contributed by atoms with E-state index in [9.17, 15) is 10.1 Å². The Morgan fingerprint density at radius 3 is 2.73 bits per heavy atom.